The van der Waals surface area contributed by atoms with Crippen LogP contribution in [0.4, 0.5) is 0 Å². The quantitative estimate of drug-likeness (QED) is 0.822. The molecule has 0 aromatic heterocycles. The molecule has 0 aliphatic carbocycles. The lowest BCUT2D eigenvalue weighted by molar-refractivity contribution is 0.181. The number of methoxy groups -OCH3 is 1. The number of sulfonamides is 1. The molecule has 1 aliphatic heterocycles. The first kappa shape index (κ1) is 17.9. The third-order valence-electron chi connectivity index (χ3n) is 4.58. The Morgan fingerprint density at radius 3 is 2.28 bits per heavy atom. The number of aryl methyl sites for hydroxylation is 1. The van der Waals surface area contributed by atoms with Crippen molar-refractivity contribution in [2.75, 3.05) is 33.3 Å². The molecule has 1 aliphatic rings. The van der Waals surface area contributed by atoms with Crippen molar-refractivity contribution in [2.24, 2.45) is 0 Å². The van der Waals surface area contributed by atoms with E-state index < -0.39 is 10.0 Å². The molecular weight excluding hydrogens is 336 g/mol. The molecule has 0 bridgehead atoms. The summed E-state index contributed by atoms with van der Waals surface area (Å²) in [4.78, 5) is 2.63. The van der Waals surface area contributed by atoms with Crippen LogP contribution in [0.5, 0.6) is 5.75 Å². The van der Waals surface area contributed by atoms with Gasteiger partial charge < -0.3 is 4.74 Å². The van der Waals surface area contributed by atoms with Crippen LogP contribution in [-0.4, -0.2) is 50.9 Å². The second kappa shape index (κ2) is 7.56. The van der Waals surface area contributed by atoms with Gasteiger partial charge in [-0.1, -0.05) is 30.3 Å². The highest BCUT2D eigenvalue weighted by molar-refractivity contribution is 7.89. The fourth-order valence-corrected chi connectivity index (χ4v) is 4.64. The molecule has 0 saturated carbocycles. The minimum atomic E-state index is -3.45. The lowest BCUT2D eigenvalue weighted by Crippen LogP contribution is -2.48. The van der Waals surface area contributed by atoms with E-state index in [1.54, 1.807) is 29.6 Å². The minimum absolute atomic E-state index is 0.335. The van der Waals surface area contributed by atoms with Gasteiger partial charge in [-0.3, -0.25) is 4.90 Å². The van der Waals surface area contributed by atoms with Crippen LogP contribution in [-0.2, 0) is 16.6 Å². The maximum atomic E-state index is 12.9. The lowest BCUT2D eigenvalue weighted by Gasteiger charge is -2.34. The first-order valence-corrected chi connectivity index (χ1v) is 9.86. The summed E-state index contributed by atoms with van der Waals surface area (Å²) in [7, 11) is -1.87. The van der Waals surface area contributed by atoms with Gasteiger partial charge in [-0.05, 0) is 36.2 Å². The second-order valence-corrected chi connectivity index (χ2v) is 8.24. The molecule has 0 atom stereocenters. The molecule has 1 fully saturated rings. The maximum absolute atomic E-state index is 12.9. The van der Waals surface area contributed by atoms with Gasteiger partial charge in [0.05, 0.1) is 12.0 Å². The third-order valence-corrected chi connectivity index (χ3v) is 6.48. The van der Waals surface area contributed by atoms with Crippen molar-refractivity contribution in [3.63, 3.8) is 0 Å². The van der Waals surface area contributed by atoms with Gasteiger partial charge in [-0.15, -0.1) is 0 Å². The molecule has 0 unspecified atom stereocenters. The summed E-state index contributed by atoms with van der Waals surface area (Å²) in [6.45, 7) is 5.22. The largest absolute Gasteiger partial charge is 0.496 e. The van der Waals surface area contributed by atoms with Crippen LogP contribution in [0, 0.1) is 6.92 Å². The Morgan fingerprint density at radius 1 is 1.00 bits per heavy atom. The Bertz CT molecular complexity index is 814. The summed E-state index contributed by atoms with van der Waals surface area (Å²) < 4.78 is 32.5. The minimum Gasteiger partial charge on any atom is -0.496 e. The first-order valence-electron chi connectivity index (χ1n) is 8.42. The van der Waals surface area contributed by atoms with Crippen LogP contribution in [0.15, 0.2) is 53.4 Å². The fraction of sp³-hybridized carbons (Fsp3) is 0.368. The molecule has 1 saturated heterocycles. The van der Waals surface area contributed by atoms with Gasteiger partial charge in [0.2, 0.25) is 10.0 Å². The topological polar surface area (TPSA) is 49.9 Å². The van der Waals surface area contributed by atoms with Gasteiger partial charge in [0.1, 0.15) is 5.75 Å². The summed E-state index contributed by atoms with van der Waals surface area (Å²) in [6.07, 6.45) is 0. The summed E-state index contributed by atoms with van der Waals surface area (Å²) in [6, 6.07) is 15.3. The number of ether oxygens (including phenoxy) is 1. The molecular formula is C19H24N2O3S. The van der Waals surface area contributed by atoms with E-state index in [4.69, 9.17) is 4.74 Å². The highest BCUT2D eigenvalue weighted by Gasteiger charge is 2.28. The monoisotopic (exact) mass is 360 g/mol. The van der Waals surface area contributed by atoms with E-state index in [0.717, 1.165) is 25.2 Å². The molecule has 134 valence electrons. The Balaban J connectivity index is 1.66. The Kier molecular flexibility index (Phi) is 5.42. The number of nitrogens with zero attached hydrogens (tertiary/aromatic N) is 2. The third kappa shape index (κ3) is 4.03. The van der Waals surface area contributed by atoms with Crippen molar-refractivity contribution in [1.82, 2.24) is 9.21 Å². The van der Waals surface area contributed by atoms with Gasteiger partial charge in [-0.25, -0.2) is 8.42 Å². The zero-order chi connectivity index (χ0) is 17.9. The van der Waals surface area contributed by atoms with Crippen molar-refractivity contribution in [1.29, 1.82) is 0 Å². The SMILES string of the molecule is COc1ccc(S(=O)(=O)N2CCN(Cc3ccccc3)CC2)cc1C. The molecule has 0 N–H and O–H groups in total. The predicted molar refractivity (Wildman–Crippen MR) is 98.2 cm³/mol. The van der Waals surface area contributed by atoms with Gasteiger partial charge in [-0.2, -0.15) is 4.31 Å². The smallest absolute Gasteiger partial charge is 0.243 e. The van der Waals surface area contributed by atoms with Crippen LogP contribution in [0.2, 0.25) is 0 Å². The number of benzene rings is 2. The second-order valence-electron chi connectivity index (χ2n) is 6.30. The molecule has 2 aromatic rings. The number of hydrogen-bond donors (Lipinski definition) is 0. The van der Waals surface area contributed by atoms with Crippen LogP contribution < -0.4 is 4.74 Å². The summed E-state index contributed by atoms with van der Waals surface area (Å²) in [5.41, 5.74) is 2.08. The predicted octanol–water partition coefficient (Wildman–Crippen LogP) is 2.51. The van der Waals surface area contributed by atoms with E-state index in [2.05, 4.69) is 17.0 Å². The number of rotatable bonds is 5. The highest BCUT2D eigenvalue weighted by Crippen LogP contribution is 2.24. The van der Waals surface area contributed by atoms with Crippen LogP contribution in [0.1, 0.15) is 11.1 Å². The summed E-state index contributed by atoms with van der Waals surface area (Å²) >= 11 is 0. The average molecular weight is 360 g/mol. The van der Waals surface area contributed by atoms with Crippen molar-refractivity contribution in [2.45, 2.75) is 18.4 Å². The molecule has 1 heterocycles. The van der Waals surface area contributed by atoms with Gasteiger partial charge in [0.25, 0.3) is 0 Å². The highest BCUT2D eigenvalue weighted by atomic mass is 32.2. The molecule has 25 heavy (non-hydrogen) atoms. The molecule has 2 aromatic carbocycles. The maximum Gasteiger partial charge on any atom is 0.243 e. The van der Waals surface area contributed by atoms with E-state index in [0.29, 0.717) is 23.7 Å². The molecule has 0 radical (unpaired) electrons. The zero-order valence-corrected chi connectivity index (χ0v) is 15.5. The molecule has 6 heteroatoms. The van der Waals surface area contributed by atoms with Crippen LogP contribution in [0.25, 0.3) is 0 Å². The molecule has 3 rings (SSSR count). The van der Waals surface area contributed by atoms with Crippen molar-refractivity contribution in [3.05, 3.63) is 59.7 Å². The van der Waals surface area contributed by atoms with E-state index in [-0.39, 0.29) is 0 Å². The average Bonchev–Trinajstić information content (AvgIpc) is 2.63. The Hall–Kier alpha value is -1.89. The fourth-order valence-electron chi connectivity index (χ4n) is 3.13. The van der Waals surface area contributed by atoms with Crippen LogP contribution >= 0.6 is 0 Å². The van der Waals surface area contributed by atoms with Crippen molar-refractivity contribution >= 4 is 10.0 Å². The van der Waals surface area contributed by atoms with Crippen molar-refractivity contribution < 1.29 is 13.2 Å². The number of hydrogen-bond acceptors (Lipinski definition) is 4. The van der Waals surface area contributed by atoms with Gasteiger partial charge >= 0.3 is 0 Å². The van der Waals surface area contributed by atoms with Crippen LogP contribution in [0.3, 0.4) is 0 Å². The first-order chi connectivity index (χ1) is 12.0. The molecule has 5 nitrogen and oxygen atoms in total. The Morgan fingerprint density at radius 2 is 1.68 bits per heavy atom. The normalized spacial score (nSPS) is 16.7. The Labute approximate surface area is 149 Å². The summed E-state index contributed by atoms with van der Waals surface area (Å²) in [5, 5.41) is 0. The molecule has 0 amide bonds. The van der Waals surface area contributed by atoms with Gasteiger partial charge in [0.15, 0.2) is 0 Å². The lowest BCUT2D eigenvalue weighted by atomic mass is 10.2. The van der Waals surface area contributed by atoms with E-state index in [9.17, 15) is 8.42 Å². The summed E-state index contributed by atoms with van der Waals surface area (Å²) in [5.74, 6) is 0.701. The van der Waals surface area contributed by atoms with E-state index in [1.165, 1.54) is 5.56 Å². The zero-order valence-electron chi connectivity index (χ0n) is 14.7. The number of piperazine rings is 1. The van der Waals surface area contributed by atoms with Gasteiger partial charge in [0, 0.05) is 32.7 Å². The van der Waals surface area contributed by atoms with E-state index in [1.807, 2.05) is 25.1 Å². The van der Waals surface area contributed by atoms with Crippen molar-refractivity contribution in [3.8, 4) is 5.75 Å². The molecule has 0 spiro atoms. The standard InChI is InChI=1S/C19H24N2O3S/c1-16-14-18(8-9-19(16)24-2)25(22,23)21-12-10-20(11-13-21)15-17-6-4-3-5-7-17/h3-9,14H,10-13,15H2,1-2H3. The van der Waals surface area contributed by atoms with E-state index >= 15 is 0 Å².